The molecule has 0 radical (unpaired) electrons. The van der Waals surface area contributed by atoms with E-state index in [-0.39, 0.29) is 29.9 Å². The van der Waals surface area contributed by atoms with Crippen LogP contribution in [-0.4, -0.2) is 30.4 Å². The van der Waals surface area contributed by atoms with E-state index in [9.17, 15) is 14.4 Å². The first-order chi connectivity index (χ1) is 13.8. The number of hydrogen-bond donors (Lipinski definition) is 2. The van der Waals surface area contributed by atoms with E-state index >= 15 is 0 Å². The number of rotatable bonds is 6. The monoisotopic (exact) mass is 398 g/mol. The van der Waals surface area contributed by atoms with Gasteiger partial charge in [0.15, 0.2) is 6.61 Å². The number of ether oxygens (including phenoxy) is 1. The van der Waals surface area contributed by atoms with Crippen LogP contribution in [0.5, 0.6) is 0 Å². The Labute approximate surface area is 171 Å². The van der Waals surface area contributed by atoms with Crippen molar-refractivity contribution in [2.24, 2.45) is 23.2 Å². The highest BCUT2D eigenvalue weighted by Crippen LogP contribution is 2.61. The molecule has 4 aliphatic rings. The summed E-state index contributed by atoms with van der Waals surface area (Å²) in [7, 11) is 0. The Morgan fingerprint density at radius 3 is 2.10 bits per heavy atom. The number of nitrogens with one attached hydrogen (secondary N) is 2. The van der Waals surface area contributed by atoms with E-state index in [1.54, 1.807) is 24.3 Å². The molecule has 4 bridgehead atoms. The Hall–Kier alpha value is -2.37. The molecule has 4 fully saturated rings. The SMILES string of the molecule is CC(=O)Nc1ccc(C(=O)OCC(=O)N[C@H](C)C23CC4CC(CC(C4)C2)C3)cc1. The minimum Gasteiger partial charge on any atom is -0.452 e. The summed E-state index contributed by atoms with van der Waals surface area (Å²) in [6, 6.07) is 6.52. The molecule has 156 valence electrons. The molecule has 1 aromatic rings. The topological polar surface area (TPSA) is 84.5 Å². The number of esters is 1. The second kappa shape index (κ2) is 7.81. The van der Waals surface area contributed by atoms with Gasteiger partial charge in [-0.05, 0) is 92.9 Å². The molecular weight excluding hydrogens is 368 g/mol. The molecule has 6 nitrogen and oxygen atoms in total. The minimum absolute atomic E-state index is 0.110. The summed E-state index contributed by atoms with van der Waals surface area (Å²) in [5.74, 6) is 1.54. The average Bonchev–Trinajstić information content (AvgIpc) is 2.65. The lowest BCUT2D eigenvalue weighted by Crippen LogP contribution is -2.56. The first-order valence-electron chi connectivity index (χ1n) is 10.7. The number of carbonyl (C=O) groups is 3. The Morgan fingerprint density at radius 1 is 1.03 bits per heavy atom. The van der Waals surface area contributed by atoms with Gasteiger partial charge in [0.1, 0.15) is 0 Å². The fourth-order valence-electron chi connectivity index (χ4n) is 6.25. The quantitative estimate of drug-likeness (QED) is 0.718. The summed E-state index contributed by atoms with van der Waals surface area (Å²) in [6.45, 7) is 3.27. The maximum atomic E-state index is 12.4. The van der Waals surface area contributed by atoms with Crippen molar-refractivity contribution in [3.8, 4) is 0 Å². The van der Waals surface area contributed by atoms with Gasteiger partial charge in [-0.25, -0.2) is 4.79 Å². The molecule has 0 heterocycles. The Kier molecular flexibility index (Phi) is 5.36. The van der Waals surface area contributed by atoms with Gasteiger partial charge in [0.25, 0.3) is 5.91 Å². The van der Waals surface area contributed by atoms with Gasteiger partial charge in [0, 0.05) is 18.7 Å². The van der Waals surface area contributed by atoms with Crippen LogP contribution in [0.15, 0.2) is 24.3 Å². The Morgan fingerprint density at radius 2 is 1.59 bits per heavy atom. The van der Waals surface area contributed by atoms with E-state index in [2.05, 4.69) is 17.6 Å². The van der Waals surface area contributed by atoms with E-state index in [0.717, 1.165) is 17.8 Å². The highest BCUT2D eigenvalue weighted by molar-refractivity contribution is 5.93. The molecule has 0 spiro atoms. The van der Waals surface area contributed by atoms with Crippen LogP contribution in [0.4, 0.5) is 5.69 Å². The standard InChI is InChI=1S/C23H30N2O4/c1-14(23-10-16-7-17(11-23)9-18(8-16)12-23)24-21(27)13-29-22(28)19-3-5-20(6-4-19)25-15(2)26/h3-6,14,16-18H,7-13H2,1-2H3,(H,24,27)(H,25,26)/t14-,16?,17?,18?,23?/m1/s1. The molecular formula is C23H30N2O4. The summed E-state index contributed by atoms with van der Waals surface area (Å²) in [5, 5.41) is 5.75. The predicted molar refractivity (Wildman–Crippen MR) is 109 cm³/mol. The third-order valence-corrected chi connectivity index (χ3v) is 7.16. The fraction of sp³-hybridized carbons (Fsp3) is 0.609. The van der Waals surface area contributed by atoms with E-state index in [0.29, 0.717) is 11.3 Å². The molecule has 2 amide bonds. The second-order valence-electron chi connectivity index (χ2n) is 9.40. The summed E-state index contributed by atoms with van der Waals surface area (Å²) >= 11 is 0. The van der Waals surface area contributed by atoms with Gasteiger partial charge < -0.3 is 15.4 Å². The van der Waals surface area contributed by atoms with Crippen LogP contribution in [0, 0.1) is 23.2 Å². The lowest BCUT2D eigenvalue weighted by Gasteiger charge is -2.59. The zero-order valence-electron chi connectivity index (χ0n) is 17.2. The average molecular weight is 399 g/mol. The third-order valence-electron chi connectivity index (χ3n) is 7.16. The first kappa shape index (κ1) is 19.9. The number of anilines is 1. The van der Waals surface area contributed by atoms with Crippen molar-refractivity contribution in [2.45, 2.75) is 58.4 Å². The minimum atomic E-state index is -0.544. The van der Waals surface area contributed by atoms with E-state index in [4.69, 9.17) is 4.74 Å². The molecule has 0 saturated heterocycles. The first-order valence-corrected chi connectivity index (χ1v) is 10.7. The van der Waals surface area contributed by atoms with Gasteiger partial charge in [-0.1, -0.05) is 0 Å². The van der Waals surface area contributed by atoms with Crippen LogP contribution in [0.3, 0.4) is 0 Å². The van der Waals surface area contributed by atoms with Crippen molar-refractivity contribution in [3.05, 3.63) is 29.8 Å². The molecule has 0 aromatic heterocycles. The molecule has 1 aromatic carbocycles. The number of carbonyl (C=O) groups excluding carboxylic acids is 3. The number of benzene rings is 1. The van der Waals surface area contributed by atoms with Crippen molar-refractivity contribution >= 4 is 23.5 Å². The normalized spacial score (nSPS) is 30.5. The van der Waals surface area contributed by atoms with E-state index in [1.165, 1.54) is 45.4 Å². The number of hydrogen-bond acceptors (Lipinski definition) is 4. The zero-order chi connectivity index (χ0) is 20.6. The van der Waals surface area contributed by atoms with Crippen LogP contribution < -0.4 is 10.6 Å². The lowest BCUT2D eigenvalue weighted by molar-refractivity contribution is -0.128. The van der Waals surface area contributed by atoms with Crippen LogP contribution in [0.25, 0.3) is 0 Å². The molecule has 6 heteroatoms. The number of amides is 2. The van der Waals surface area contributed by atoms with Crippen molar-refractivity contribution in [1.82, 2.24) is 5.32 Å². The van der Waals surface area contributed by atoms with Gasteiger partial charge in [-0.15, -0.1) is 0 Å². The summed E-state index contributed by atoms with van der Waals surface area (Å²) in [4.78, 5) is 35.7. The molecule has 4 saturated carbocycles. The highest BCUT2D eigenvalue weighted by atomic mass is 16.5. The van der Waals surface area contributed by atoms with Gasteiger partial charge in [-0.3, -0.25) is 9.59 Å². The summed E-state index contributed by atoms with van der Waals surface area (Å²) in [5.41, 5.74) is 1.19. The molecule has 29 heavy (non-hydrogen) atoms. The zero-order valence-corrected chi connectivity index (χ0v) is 17.2. The van der Waals surface area contributed by atoms with Crippen molar-refractivity contribution in [3.63, 3.8) is 0 Å². The van der Waals surface area contributed by atoms with E-state index < -0.39 is 5.97 Å². The van der Waals surface area contributed by atoms with Crippen molar-refractivity contribution in [1.29, 1.82) is 0 Å². The van der Waals surface area contributed by atoms with Gasteiger partial charge >= 0.3 is 5.97 Å². The van der Waals surface area contributed by atoms with Crippen LogP contribution in [0.2, 0.25) is 0 Å². The van der Waals surface area contributed by atoms with E-state index in [1.807, 2.05) is 0 Å². The van der Waals surface area contributed by atoms with Crippen LogP contribution in [-0.2, 0) is 14.3 Å². The molecule has 0 aliphatic heterocycles. The molecule has 2 N–H and O–H groups in total. The maximum absolute atomic E-state index is 12.4. The summed E-state index contributed by atoms with van der Waals surface area (Å²) in [6.07, 6.45) is 7.79. The molecule has 0 unspecified atom stereocenters. The second-order valence-corrected chi connectivity index (χ2v) is 9.40. The molecule has 5 rings (SSSR count). The largest absolute Gasteiger partial charge is 0.452 e. The van der Waals surface area contributed by atoms with Gasteiger partial charge in [0.05, 0.1) is 5.56 Å². The highest BCUT2D eigenvalue weighted by Gasteiger charge is 2.53. The molecule has 4 aliphatic carbocycles. The third kappa shape index (κ3) is 4.31. The van der Waals surface area contributed by atoms with Gasteiger partial charge in [-0.2, -0.15) is 0 Å². The van der Waals surface area contributed by atoms with Gasteiger partial charge in [0.2, 0.25) is 5.91 Å². The smallest absolute Gasteiger partial charge is 0.338 e. The summed E-state index contributed by atoms with van der Waals surface area (Å²) < 4.78 is 5.19. The van der Waals surface area contributed by atoms with Crippen molar-refractivity contribution < 1.29 is 19.1 Å². The fourth-order valence-corrected chi connectivity index (χ4v) is 6.25. The van der Waals surface area contributed by atoms with Crippen LogP contribution in [0.1, 0.15) is 62.7 Å². The van der Waals surface area contributed by atoms with Crippen LogP contribution >= 0.6 is 0 Å². The molecule has 1 atom stereocenters. The maximum Gasteiger partial charge on any atom is 0.338 e. The Balaban J connectivity index is 1.27. The Bertz CT molecular complexity index is 766. The van der Waals surface area contributed by atoms with Crippen molar-refractivity contribution in [2.75, 3.05) is 11.9 Å². The predicted octanol–water partition coefficient (Wildman–Crippen LogP) is 3.52. The lowest BCUT2D eigenvalue weighted by atomic mass is 9.48.